The molecule has 2 unspecified atom stereocenters. The predicted molar refractivity (Wildman–Crippen MR) is 82.9 cm³/mol. The highest BCUT2D eigenvalue weighted by Crippen LogP contribution is 2.36. The number of ketones is 1. The van der Waals surface area contributed by atoms with Crippen LogP contribution in [0.1, 0.15) is 84.0 Å². The first-order valence-electron chi connectivity index (χ1n) is 8.97. The zero-order valence-corrected chi connectivity index (χ0v) is 13.4. The summed E-state index contributed by atoms with van der Waals surface area (Å²) in [4.78, 5) is 24.5. The van der Waals surface area contributed by atoms with Gasteiger partial charge in [-0.15, -0.1) is 0 Å². The summed E-state index contributed by atoms with van der Waals surface area (Å²) < 4.78 is 5.45. The Kier molecular flexibility index (Phi) is 6.72. The molecule has 2 atom stereocenters. The van der Waals surface area contributed by atoms with Crippen LogP contribution in [0.4, 0.5) is 0 Å². The van der Waals surface area contributed by atoms with E-state index in [-0.39, 0.29) is 17.8 Å². The topological polar surface area (TPSA) is 43.4 Å². The molecule has 0 aromatic carbocycles. The minimum atomic E-state index is -0.547. The molecule has 0 bridgehead atoms. The van der Waals surface area contributed by atoms with E-state index >= 15 is 0 Å². The number of esters is 1. The van der Waals surface area contributed by atoms with Gasteiger partial charge in [0.25, 0.3) is 0 Å². The van der Waals surface area contributed by atoms with Crippen molar-refractivity contribution in [1.29, 1.82) is 0 Å². The van der Waals surface area contributed by atoms with Gasteiger partial charge in [0.1, 0.15) is 6.10 Å². The zero-order valence-electron chi connectivity index (χ0n) is 13.4. The van der Waals surface area contributed by atoms with Gasteiger partial charge in [0, 0.05) is 5.92 Å². The molecule has 21 heavy (non-hydrogen) atoms. The van der Waals surface area contributed by atoms with E-state index in [1.165, 1.54) is 25.7 Å². The van der Waals surface area contributed by atoms with Crippen LogP contribution in [0.2, 0.25) is 0 Å². The van der Waals surface area contributed by atoms with Gasteiger partial charge >= 0.3 is 5.97 Å². The summed E-state index contributed by atoms with van der Waals surface area (Å²) >= 11 is 0. The van der Waals surface area contributed by atoms with Gasteiger partial charge in [-0.3, -0.25) is 4.79 Å². The monoisotopic (exact) mass is 294 g/mol. The number of hydrogen-bond acceptors (Lipinski definition) is 3. The highest BCUT2D eigenvalue weighted by atomic mass is 16.5. The highest BCUT2D eigenvalue weighted by molar-refractivity contribution is 6.34. The maximum absolute atomic E-state index is 12.4. The van der Waals surface area contributed by atoms with Crippen molar-refractivity contribution in [2.75, 3.05) is 0 Å². The molecule has 2 aliphatic carbocycles. The maximum atomic E-state index is 12.4. The van der Waals surface area contributed by atoms with Gasteiger partial charge in [0.2, 0.25) is 5.78 Å². The van der Waals surface area contributed by atoms with E-state index in [2.05, 4.69) is 6.92 Å². The lowest BCUT2D eigenvalue weighted by Crippen LogP contribution is -2.32. The average molecular weight is 294 g/mol. The molecule has 0 radical (unpaired) electrons. The first-order chi connectivity index (χ1) is 10.2. The summed E-state index contributed by atoms with van der Waals surface area (Å²) in [7, 11) is 0. The second kappa shape index (κ2) is 8.55. The van der Waals surface area contributed by atoms with Crippen LogP contribution in [0.25, 0.3) is 0 Å². The molecule has 2 rings (SSSR count). The molecule has 2 saturated carbocycles. The molecule has 0 amide bonds. The number of carbonyl (C=O) groups excluding carboxylic acids is 2. The Labute approximate surface area is 128 Å². The van der Waals surface area contributed by atoms with Crippen molar-refractivity contribution in [3.05, 3.63) is 0 Å². The minimum Gasteiger partial charge on any atom is -0.457 e. The Morgan fingerprint density at radius 2 is 1.71 bits per heavy atom. The lowest BCUT2D eigenvalue weighted by atomic mass is 9.87. The molecule has 2 aliphatic rings. The Hall–Kier alpha value is -0.860. The second-order valence-corrected chi connectivity index (χ2v) is 6.82. The van der Waals surface area contributed by atoms with Crippen molar-refractivity contribution >= 4 is 11.8 Å². The van der Waals surface area contributed by atoms with Gasteiger partial charge in [0.15, 0.2) is 0 Å². The molecule has 0 aliphatic heterocycles. The van der Waals surface area contributed by atoms with Crippen LogP contribution >= 0.6 is 0 Å². The van der Waals surface area contributed by atoms with Crippen LogP contribution in [-0.4, -0.2) is 17.9 Å². The SMILES string of the molecule is CCCCCC1CCCC1C(=O)C(=O)OC1CCCCC1. The third-order valence-electron chi connectivity index (χ3n) is 5.20. The van der Waals surface area contributed by atoms with Crippen LogP contribution in [0.3, 0.4) is 0 Å². The summed E-state index contributed by atoms with van der Waals surface area (Å²) in [5.41, 5.74) is 0. The van der Waals surface area contributed by atoms with Gasteiger partial charge in [-0.25, -0.2) is 4.79 Å². The van der Waals surface area contributed by atoms with Crippen LogP contribution in [0, 0.1) is 11.8 Å². The normalized spacial score (nSPS) is 26.7. The number of hydrogen-bond donors (Lipinski definition) is 0. The Bertz CT molecular complexity index is 344. The molecule has 2 fully saturated rings. The largest absolute Gasteiger partial charge is 0.457 e. The maximum Gasteiger partial charge on any atom is 0.375 e. The molecule has 0 aromatic heterocycles. The molecular weight excluding hydrogens is 264 g/mol. The number of ether oxygens (including phenoxy) is 1. The smallest absolute Gasteiger partial charge is 0.375 e. The van der Waals surface area contributed by atoms with Crippen molar-refractivity contribution in [3.63, 3.8) is 0 Å². The van der Waals surface area contributed by atoms with Crippen molar-refractivity contribution in [2.24, 2.45) is 11.8 Å². The summed E-state index contributed by atoms with van der Waals surface area (Å²) in [5.74, 6) is -0.422. The molecule has 3 nitrogen and oxygen atoms in total. The summed E-state index contributed by atoms with van der Waals surface area (Å²) in [5, 5.41) is 0. The fourth-order valence-corrected chi connectivity index (χ4v) is 3.93. The van der Waals surface area contributed by atoms with E-state index in [0.717, 1.165) is 51.4 Å². The fraction of sp³-hybridized carbons (Fsp3) is 0.889. The van der Waals surface area contributed by atoms with E-state index in [1.54, 1.807) is 0 Å². The van der Waals surface area contributed by atoms with Crippen molar-refractivity contribution in [2.45, 2.75) is 90.1 Å². The van der Waals surface area contributed by atoms with E-state index in [1.807, 2.05) is 0 Å². The second-order valence-electron chi connectivity index (χ2n) is 6.82. The molecular formula is C18H30O3. The van der Waals surface area contributed by atoms with E-state index in [0.29, 0.717) is 5.92 Å². The summed E-state index contributed by atoms with van der Waals surface area (Å²) in [6, 6.07) is 0. The van der Waals surface area contributed by atoms with Gasteiger partial charge in [-0.2, -0.15) is 0 Å². The third kappa shape index (κ3) is 4.82. The zero-order chi connectivity index (χ0) is 15.1. The third-order valence-corrected chi connectivity index (χ3v) is 5.20. The van der Waals surface area contributed by atoms with Crippen molar-refractivity contribution in [1.82, 2.24) is 0 Å². The summed E-state index contributed by atoms with van der Waals surface area (Å²) in [6.45, 7) is 2.19. The van der Waals surface area contributed by atoms with Gasteiger partial charge < -0.3 is 4.74 Å². The first kappa shape index (κ1) is 16.5. The Balaban J connectivity index is 1.80. The lowest BCUT2D eigenvalue weighted by molar-refractivity contribution is -0.161. The molecule has 3 heteroatoms. The standard InChI is InChI=1S/C18H30O3/c1-2-3-5-9-14-10-8-13-16(14)17(19)18(20)21-15-11-6-4-7-12-15/h14-16H,2-13H2,1H3. The Morgan fingerprint density at radius 3 is 2.43 bits per heavy atom. The molecule has 0 spiro atoms. The van der Waals surface area contributed by atoms with Crippen LogP contribution in [0.15, 0.2) is 0 Å². The average Bonchev–Trinajstić information content (AvgIpc) is 2.96. The predicted octanol–water partition coefficient (Wildman–Crippen LogP) is 4.43. The first-order valence-corrected chi connectivity index (χ1v) is 8.97. The highest BCUT2D eigenvalue weighted by Gasteiger charge is 2.37. The Morgan fingerprint density at radius 1 is 0.952 bits per heavy atom. The minimum absolute atomic E-state index is 0.00450. The molecule has 0 aromatic rings. The fourth-order valence-electron chi connectivity index (χ4n) is 3.93. The lowest BCUT2D eigenvalue weighted by Gasteiger charge is -2.23. The molecule has 120 valence electrons. The van der Waals surface area contributed by atoms with E-state index < -0.39 is 5.97 Å². The van der Waals surface area contributed by atoms with Crippen LogP contribution in [-0.2, 0) is 14.3 Å². The van der Waals surface area contributed by atoms with Gasteiger partial charge in [-0.1, -0.05) is 39.0 Å². The van der Waals surface area contributed by atoms with Crippen molar-refractivity contribution in [3.8, 4) is 0 Å². The number of carbonyl (C=O) groups is 2. The van der Waals surface area contributed by atoms with Crippen LogP contribution < -0.4 is 0 Å². The number of rotatable bonds is 7. The van der Waals surface area contributed by atoms with Gasteiger partial charge in [-0.05, 0) is 50.9 Å². The van der Waals surface area contributed by atoms with Crippen molar-refractivity contribution < 1.29 is 14.3 Å². The summed E-state index contributed by atoms with van der Waals surface area (Å²) in [6.07, 6.45) is 13.1. The number of Topliss-reactive ketones (excluding diaryl/α,β-unsaturated/α-hetero) is 1. The molecule has 0 heterocycles. The van der Waals surface area contributed by atoms with Gasteiger partial charge in [0.05, 0.1) is 0 Å². The van der Waals surface area contributed by atoms with Crippen LogP contribution in [0.5, 0.6) is 0 Å². The van der Waals surface area contributed by atoms with E-state index in [9.17, 15) is 9.59 Å². The quantitative estimate of drug-likeness (QED) is 0.396. The molecule has 0 N–H and O–H groups in total. The van der Waals surface area contributed by atoms with E-state index in [4.69, 9.17) is 4.74 Å². The number of unbranched alkanes of at least 4 members (excludes halogenated alkanes) is 2. The molecule has 0 saturated heterocycles.